The van der Waals surface area contributed by atoms with Gasteiger partial charge in [-0.15, -0.1) is 0 Å². The first-order chi connectivity index (χ1) is 7.48. The van der Waals surface area contributed by atoms with Crippen LogP contribution in [0.25, 0.3) is 0 Å². The van der Waals surface area contributed by atoms with Crippen molar-refractivity contribution in [3.8, 4) is 0 Å². The number of epoxide rings is 1. The van der Waals surface area contributed by atoms with E-state index < -0.39 is 0 Å². The molecule has 3 heteroatoms. The fraction of sp³-hybridized carbons (Fsp3) is 0.769. The zero-order valence-electron chi connectivity index (χ0n) is 10.4. The van der Waals surface area contributed by atoms with Crippen molar-refractivity contribution < 1.29 is 14.3 Å². The lowest BCUT2D eigenvalue weighted by molar-refractivity contribution is -0.134. The second-order valence-electron chi connectivity index (χ2n) is 5.37. The van der Waals surface area contributed by atoms with Gasteiger partial charge in [-0.2, -0.15) is 0 Å². The van der Waals surface area contributed by atoms with Crippen LogP contribution in [0.1, 0.15) is 33.6 Å². The molecule has 0 aromatic carbocycles. The molecule has 2 aliphatic rings. The van der Waals surface area contributed by atoms with E-state index in [2.05, 4.69) is 20.8 Å². The van der Waals surface area contributed by atoms with Crippen molar-refractivity contribution in [2.75, 3.05) is 7.11 Å². The van der Waals surface area contributed by atoms with Gasteiger partial charge in [-0.25, -0.2) is 4.79 Å². The number of carbonyl (C=O) groups excluding carboxylic acids is 1. The highest BCUT2D eigenvalue weighted by Crippen LogP contribution is 2.53. The van der Waals surface area contributed by atoms with Gasteiger partial charge < -0.3 is 9.47 Å². The van der Waals surface area contributed by atoms with Gasteiger partial charge in [0.25, 0.3) is 0 Å². The molecular formula is C13H20O3. The van der Waals surface area contributed by atoms with Gasteiger partial charge in [0.05, 0.1) is 12.7 Å². The SMILES string of the molecule is COC(=O)/C=C1/[C@H](C(C)C)CC[C@@]2(C)O[C@@H]12. The van der Waals surface area contributed by atoms with Crippen LogP contribution in [0.2, 0.25) is 0 Å². The average molecular weight is 224 g/mol. The van der Waals surface area contributed by atoms with E-state index in [1.807, 2.05) is 0 Å². The van der Waals surface area contributed by atoms with Crippen LogP contribution in [0.15, 0.2) is 11.6 Å². The summed E-state index contributed by atoms with van der Waals surface area (Å²) in [5.41, 5.74) is 1.13. The molecule has 0 spiro atoms. The Hall–Kier alpha value is -0.830. The number of esters is 1. The molecule has 2 fully saturated rings. The van der Waals surface area contributed by atoms with Gasteiger partial charge in [0.1, 0.15) is 6.10 Å². The molecule has 0 radical (unpaired) electrons. The number of fused-ring (bicyclic) bond motifs is 1. The maximum Gasteiger partial charge on any atom is 0.330 e. The third kappa shape index (κ3) is 1.88. The van der Waals surface area contributed by atoms with Crippen LogP contribution in [-0.2, 0) is 14.3 Å². The van der Waals surface area contributed by atoms with Gasteiger partial charge in [0.15, 0.2) is 0 Å². The monoisotopic (exact) mass is 224 g/mol. The first-order valence-corrected chi connectivity index (χ1v) is 5.95. The number of hydrogen-bond acceptors (Lipinski definition) is 3. The zero-order valence-corrected chi connectivity index (χ0v) is 10.4. The Labute approximate surface area is 96.8 Å². The van der Waals surface area contributed by atoms with Gasteiger partial charge in [0, 0.05) is 6.08 Å². The lowest BCUT2D eigenvalue weighted by Gasteiger charge is -2.28. The molecular weight excluding hydrogens is 204 g/mol. The zero-order chi connectivity index (χ0) is 11.9. The summed E-state index contributed by atoms with van der Waals surface area (Å²) in [6.07, 6.45) is 3.99. The average Bonchev–Trinajstić information content (AvgIpc) is 2.90. The molecule has 0 aromatic heterocycles. The van der Waals surface area contributed by atoms with Crippen LogP contribution in [0.4, 0.5) is 0 Å². The Kier molecular flexibility index (Phi) is 2.82. The first kappa shape index (κ1) is 11.6. The van der Waals surface area contributed by atoms with Crippen LogP contribution in [0, 0.1) is 11.8 Å². The highest BCUT2D eigenvalue weighted by Gasteiger charge is 2.58. The topological polar surface area (TPSA) is 38.8 Å². The van der Waals surface area contributed by atoms with Crippen molar-refractivity contribution in [1.29, 1.82) is 0 Å². The van der Waals surface area contributed by atoms with E-state index in [9.17, 15) is 4.79 Å². The Balaban J connectivity index is 2.22. The van der Waals surface area contributed by atoms with Crippen LogP contribution in [0.5, 0.6) is 0 Å². The van der Waals surface area contributed by atoms with Gasteiger partial charge in [-0.3, -0.25) is 0 Å². The molecule has 1 aliphatic carbocycles. The van der Waals surface area contributed by atoms with Crippen molar-refractivity contribution in [1.82, 2.24) is 0 Å². The van der Waals surface area contributed by atoms with Crippen molar-refractivity contribution in [2.24, 2.45) is 11.8 Å². The minimum absolute atomic E-state index is 0.00869. The Bertz CT molecular complexity index is 332. The fourth-order valence-corrected chi connectivity index (χ4v) is 2.74. The molecule has 3 atom stereocenters. The molecule has 1 saturated carbocycles. The molecule has 90 valence electrons. The summed E-state index contributed by atoms with van der Waals surface area (Å²) in [5.74, 6) is 0.740. The normalized spacial score (nSPS) is 39.7. The molecule has 0 unspecified atom stereocenters. The van der Waals surface area contributed by atoms with E-state index in [-0.39, 0.29) is 17.7 Å². The minimum atomic E-state index is -0.264. The van der Waals surface area contributed by atoms with E-state index in [1.165, 1.54) is 7.11 Å². The first-order valence-electron chi connectivity index (χ1n) is 5.95. The summed E-state index contributed by atoms with van der Waals surface area (Å²) < 4.78 is 10.4. The van der Waals surface area contributed by atoms with Crippen LogP contribution >= 0.6 is 0 Å². The van der Waals surface area contributed by atoms with Gasteiger partial charge >= 0.3 is 5.97 Å². The summed E-state index contributed by atoms with van der Waals surface area (Å²) in [6.45, 7) is 6.51. The summed E-state index contributed by atoms with van der Waals surface area (Å²) in [4.78, 5) is 11.4. The number of carbonyl (C=O) groups is 1. The van der Waals surface area contributed by atoms with E-state index in [0.717, 1.165) is 18.4 Å². The molecule has 3 nitrogen and oxygen atoms in total. The number of ether oxygens (including phenoxy) is 2. The lowest BCUT2D eigenvalue weighted by atomic mass is 9.74. The maximum absolute atomic E-state index is 11.4. The van der Waals surface area contributed by atoms with Gasteiger partial charge in [0.2, 0.25) is 0 Å². The molecule has 0 amide bonds. The largest absolute Gasteiger partial charge is 0.466 e. The molecule has 0 aromatic rings. The third-order valence-corrected chi connectivity index (χ3v) is 3.86. The van der Waals surface area contributed by atoms with E-state index >= 15 is 0 Å². The molecule has 1 heterocycles. The maximum atomic E-state index is 11.4. The Morgan fingerprint density at radius 3 is 2.88 bits per heavy atom. The van der Waals surface area contributed by atoms with Crippen LogP contribution < -0.4 is 0 Å². The fourth-order valence-electron chi connectivity index (χ4n) is 2.74. The Morgan fingerprint density at radius 2 is 2.31 bits per heavy atom. The predicted octanol–water partition coefficient (Wildman–Crippen LogP) is 2.31. The molecule has 0 bridgehead atoms. The molecule has 0 N–H and O–H groups in total. The molecule has 2 rings (SSSR count). The smallest absolute Gasteiger partial charge is 0.330 e. The summed E-state index contributed by atoms with van der Waals surface area (Å²) in [6, 6.07) is 0. The van der Waals surface area contributed by atoms with Crippen LogP contribution in [0.3, 0.4) is 0 Å². The third-order valence-electron chi connectivity index (χ3n) is 3.86. The van der Waals surface area contributed by atoms with E-state index in [0.29, 0.717) is 11.8 Å². The minimum Gasteiger partial charge on any atom is -0.466 e. The summed E-state index contributed by atoms with van der Waals surface area (Å²) in [7, 11) is 1.42. The number of rotatable bonds is 2. The second kappa shape index (κ2) is 3.88. The summed E-state index contributed by atoms with van der Waals surface area (Å²) >= 11 is 0. The van der Waals surface area contributed by atoms with Gasteiger partial charge in [-0.1, -0.05) is 13.8 Å². The molecule has 1 saturated heterocycles. The van der Waals surface area contributed by atoms with Crippen molar-refractivity contribution >= 4 is 5.97 Å². The van der Waals surface area contributed by atoms with Crippen LogP contribution in [-0.4, -0.2) is 24.8 Å². The Morgan fingerprint density at radius 1 is 1.62 bits per heavy atom. The van der Waals surface area contributed by atoms with E-state index in [1.54, 1.807) is 6.08 Å². The lowest BCUT2D eigenvalue weighted by Crippen LogP contribution is -2.27. The summed E-state index contributed by atoms with van der Waals surface area (Å²) in [5, 5.41) is 0. The van der Waals surface area contributed by atoms with Crippen molar-refractivity contribution in [2.45, 2.75) is 45.3 Å². The highest BCUT2D eigenvalue weighted by atomic mass is 16.6. The second-order valence-corrected chi connectivity index (χ2v) is 5.37. The molecule has 16 heavy (non-hydrogen) atoms. The van der Waals surface area contributed by atoms with E-state index in [4.69, 9.17) is 9.47 Å². The van der Waals surface area contributed by atoms with Crippen molar-refractivity contribution in [3.63, 3.8) is 0 Å². The number of methoxy groups -OCH3 is 1. The molecule has 1 aliphatic heterocycles. The standard InChI is InChI=1S/C13H20O3/c1-8(2)9-5-6-13(3)12(16-13)10(9)7-11(14)15-4/h7-9,12H,5-6H2,1-4H3/b10-7-/t9-,12-,13+/m0/s1. The highest BCUT2D eigenvalue weighted by molar-refractivity contribution is 5.83. The quantitative estimate of drug-likeness (QED) is 0.410. The predicted molar refractivity (Wildman–Crippen MR) is 60.9 cm³/mol. The number of hydrogen-bond donors (Lipinski definition) is 0. The van der Waals surface area contributed by atoms with Gasteiger partial charge in [-0.05, 0) is 37.2 Å². The van der Waals surface area contributed by atoms with Crippen molar-refractivity contribution in [3.05, 3.63) is 11.6 Å².